The Morgan fingerprint density at radius 1 is 0.957 bits per heavy atom. The number of hydrogen-bond acceptors (Lipinski definition) is 6. The summed E-state index contributed by atoms with van der Waals surface area (Å²) in [7, 11) is 1.64. The zero-order valence-corrected chi connectivity index (χ0v) is 28.0. The zero-order valence-electron chi connectivity index (χ0n) is 28.0. The smallest absolute Gasteiger partial charge is 0.338 e. The molecule has 1 saturated carbocycles. The lowest BCUT2D eigenvalue weighted by atomic mass is 9.81. The molecule has 0 bridgehead atoms. The maximum absolute atomic E-state index is 14.1. The third-order valence-electron chi connectivity index (χ3n) is 9.37. The summed E-state index contributed by atoms with van der Waals surface area (Å²) in [6.45, 7) is 10.7. The van der Waals surface area contributed by atoms with Crippen LogP contribution in [0.25, 0.3) is 28.2 Å². The molecule has 1 amide bonds. The van der Waals surface area contributed by atoms with Crippen molar-refractivity contribution in [2.75, 3.05) is 20.2 Å². The minimum atomic E-state index is -0.627. The summed E-state index contributed by atoms with van der Waals surface area (Å²) in [5.41, 5.74) is 5.52. The second-order valence-corrected chi connectivity index (χ2v) is 14.2. The second-order valence-electron chi connectivity index (χ2n) is 14.2. The van der Waals surface area contributed by atoms with Gasteiger partial charge < -0.3 is 23.7 Å². The first-order valence-electron chi connectivity index (χ1n) is 16.7. The highest BCUT2D eigenvalue weighted by atomic mass is 16.6. The molecular weight excluding hydrogens is 580 g/mol. The highest BCUT2D eigenvalue weighted by Gasteiger charge is 2.32. The van der Waals surface area contributed by atoms with Gasteiger partial charge in [-0.25, -0.2) is 4.79 Å². The van der Waals surface area contributed by atoms with Crippen molar-refractivity contribution >= 4 is 34.6 Å². The molecule has 2 fully saturated rings. The summed E-state index contributed by atoms with van der Waals surface area (Å²) in [6.07, 6.45) is 7.32. The van der Waals surface area contributed by atoms with Crippen molar-refractivity contribution in [3.05, 3.63) is 58.7 Å². The number of aromatic nitrogens is 1. The number of carbonyl (C=O) groups is 3. The molecule has 0 radical (unpaired) electrons. The molecule has 6 rings (SSSR count). The van der Waals surface area contributed by atoms with Crippen molar-refractivity contribution in [1.82, 2.24) is 9.47 Å². The molecule has 1 aromatic heterocycles. The van der Waals surface area contributed by atoms with Crippen molar-refractivity contribution in [1.29, 1.82) is 0 Å². The molecule has 0 N–H and O–H groups in total. The average molecular weight is 627 g/mol. The number of carbonyl (C=O) groups excluding carboxylic acids is 3. The van der Waals surface area contributed by atoms with Crippen LogP contribution in [0.4, 0.5) is 0 Å². The Balaban J connectivity index is 1.48. The summed E-state index contributed by atoms with van der Waals surface area (Å²) in [6, 6.07) is 11.8. The van der Waals surface area contributed by atoms with Crippen LogP contribution < -0.4 is 4.74 Å². The third-order valence-corrected chi connectivity index (χ3v) is 9.37. The monoisotopic (exact) mass is 626 g/mol. The maximum Gasteiger partial charge on any atom is 0.338 e. The highest BCUT2D eigenvalue weighted by molar-refractivity contribution is 6.10. The van der Waals surface area contributed by atoms with Crippen molar-refractivity contribution in [3.63, 3.8) is 0 Å². The number of hydrogen-bond donors (Lipinski definition) is 0. The van der Waals surface area contributed by atoms with Gasteiger partial charge in [-0.1, -0.05) is 25.3 Å². The summed E-state index contributed by atoms with van der Waals surface area (Å²) in [5.74, 6) is 0.289. The van der Waals surface area contributed by atoms with E-state index in [1.54, 1.807) is 12.0 Å². The van der Waals surface area contributed by atoms with E-state index in [2.05, 4.69) is 16.7 Å². The molecule has 3 aromatic rings. The number of rotatable bonds is 6. The third kappa shape index (κ3) is 6.50. The minimum Gasteiger partial charge on any atom is -0.497 e. The van der Waals surface area contributed by atoms with Gasteiger partial charge in [-0.2, -0.15) is 0 Å². The number of methoxy groups -OCH3 is 1. The number of benzene rings is 2. The number of fused-ring (bicyclic) bond motifs is 5. The fraction of sp³-hybridized carbons (Fsp3) is 0.500. The average Bonchev–Trinajstić information content (AvgIpc) is 3.22. The van der Waals surface area contributed by atoms with Gasteiger partial charge in [0.1, 0.15) is 11.4 Å². The van der Waals surface area contributed by atoms with E-state index in [1.807, 2.05) is 65.0 Å². The molecule has 3 aliphatic rings. The Bertz CT molecular complexity index is 1690. The van der Waals surface area contributed by atoms with Gasteiger partial charge in [-0.3, -0.25) is 9.59 Å². The fourth-order valence-electron chi connectivity index (χ4n) is 7.42. The van der Waals surface area contributed by atoms with Crippen LogP contribution in [-0.2, 0) is 25.6 Å². The summed E-state index contributed by atoms with van der Waals surface area (Å²) in [4.78, 5) is 42.5. The number of ketones is 1. The van der Waals surface area contributed by atoms with Crippen molar-refractivity contribution in [3.8, 4) is 17.0 Å². The van der Waals surface area contributed by atoms with E-state index >= 15 is 0 Å². The van der Waals surface area contributed by atoms with Crippen LogP contribution in [0, 0.1) is 0 Å². The van der Waals surface area contributed by atoms with Crippen molar-refractivity contribution in [2.24, 2.45) is 0 Å². The molecule has 8 heteroatoms. The Hall–Kier alpha value is -3.91. The first-order valence-corrected chi connectivity index (χ1v) is 16.7. The van der Waals surface area contributed by atoms with E-state index < -0.39 is 5.60 Å². The first-order chi connectivity index (χ1) is 21.9. The van der Waals surface area contributed by atoms with Crippen molar-refractivity contribution in [2.45, 2.75) is 103 Å². The van der Waals surface area contributed by atoms with Crippen LogP contribution in [-0.4, -0.2) is 65.1 Å². The Kier molecular flexibility index (Phi) is 8.85. The number of amides is 1. The molecule has 0 unspecified atom stereocenters. The molecule has 2 atom stereocenters. The van der Waals surface area contributed by atoms with E-state index in [0.717, 1.165) is 40.6 Å². The maximum atomic E-state index is 14.1. The van der Waals surface area contributed by atoms with Crippen LogP contribution in [0.15, 0.2) is 42.0 Å². The van der Waals surface area contributed by atoms with Crippen LogP contribution in [0.5, 0.6) is 5.75 Å². The zero-order chi connectivity index (χ0) is 32.7. The minimum absolute atomic E-state index is 0.0783. The molecule has 46 heavy (non-hydrogen) atoms. The van der Waals surface area contributed by atoms with E-state index in [-0.39, 0.29) is 42.8 Å². The number of Topliss-reactive ketones (excluding diaryl/α,β-unsaturated/α-hetero) is 1. The van der Waals surface area contributed by atoms with Gasteiger partial charge in [0.2, 0.25) is 5.91 Å². The van der Waals surface area contributed by atoms with Gasteiger partial charge in [0.25, 0.3) is 0 Å². The van der Waals surface area contributed by atoms with Gasteiger partial charge in [-0.05, 0) is 101 Å². The van der Waals surface area contributed by atoms with E-state index in [1.165, 1.54) is 24.8 Å². The van der Waals surface area contributed by atoms with Crippen molar-refractivity contribution < 1.29 is 28.6 Å². The van der Waals surface area contributed by atoms with E-state index in [0.29, 0.717) is 35.9 Å². The molecule has 3 heterocycles. The SMILES string of the molecule is COc1ccc2c(c1)C=C(C(=O)CC(=O)N1C[C@@H](C)O[C@@H](C)C1)Cn1c-2c(C2CCCCC2)c2ccc(C(=O)OC(C)(C)C)cc21. The van der Waals surface area contributed by atoms with Gasteiger partial charge in [-0.15, -0.1) is 0 Å². The van der Waals surface area contributed by atoms with Gasteiger partial charge in [0.05, 0.1) is 43.5 Å². The largest absolute Gasteiger partial charge is 0.497 e. The molecule has 8 nitrogen and oxygen atoms in total. The molecule has 244 valence electrons. The highest BCUT2D eigenvalue weighted by Crippen LogP contribution is 2.47. The Morgan fingerprint density at radius 2 is 1.67 bits per heavy atom. The van der Waals surface area contributed by atoms with Crippen LogP contribution in [0.1, 0.15) is 101 Å². The number of ether oxygens (including phenoxy) is 3. The molecule has 2 aromatic carbocycles. The quantitative estimate of drug-likeness (QED) is 0.211. The van der Waals surface area contributed by atoms with Crippen LogP contribution >= 0.6 is 0 Å². The lowest BCUT2D eigenvalue weighted by molar-refractivity contribution is -0.145. The number of allylic oxidation sites excluding steroid dienone is 1. The van der Waals surface area contributed by atoms with Gasteiger partial charge >= 0.3 is 5.97 Å². The molecule has 2 aliphatic heterocycles. The predicted octanol–water partition coefficient (Wildman–Crippen LogP) is 7.31. The number of esters is 1. The topological polar surface area (TPSA) is 87.1 Å². The molecule has 1 saturated heterocycles. The molecular formula is C38H46N2O6. The Labute approximate surface area is 271 Å². The van der Waals surface area contributed by atoms with Crippen LogP contribution in [0.3, 0.4) is 0 Å². The summed E-state index contributed by atoms with van der Waals surface area (Å²) in [5, 5.41) is 1.09. The summed E-state index contributed by atoms with van der Waals surface area (Å²) < 4.78 is 19.4. The standard InChI is InChI=1S/C38H46N2O6/c1-23-20-39(21-24(2)45-23)34(42)19-33(41)28-16-27-17-29(44-6)13-15-30(27)36-35(25-10-8-7-9-11-25)31-14-12-26(18-32(31)40(36)22-28)37(43)46-38(3,4)5/h12-18,23-25H,7-11,19-22H2,1-6H3/t23-,24+. The molecule has 0 spiro atoms. The van der Waals surface area contributed by atoms with Gasteiger partial charge in [0, 0.05) is 35.1 Å². The van der Waals surface area contributed by atoms with Crippen LogP contribution in [0.2, 0.25) is 0 Å². The van der Waals surface area contributed by atoms with E-state index in [9.17, 15) is 14.4 Å². The van der Waals surface area contributed by atoms with Gasteiger partial charge in [0.15, 0.2) is 5.78 Å². The number of nitrogens with zero attached hydrogens (tertiary/aromatic N) is 2. The predicted molar refractivity (Wildman–Crippen MR) is 179 cm³/mol. The normalized spacial score (nSPS) is 20.4. The fourth-order valence-corrected chi connectivity index (χ4v) is 7.42. The Morgan fingerprint density at radius 3 is 2.35 bits per heavy atom. The lowest BCUT2D eigenvalue weighted by Crippen LogP contribution is -2.48. The second kappa shape index (κ2) is 12.7. The summed E-state index contributed by atoms with van der Waals surface area (Å²) >= 11 is 0. The lowest BCUT2D eigenvalue weighted by Gasteiger charge is -2.35. The number of morpholine rings is 1. The first kappa shape index (κ1) is 32.0. The van der Waals surface area contributed by atoms with E-state index in [4.69, 9.17) is 14.2 Å². The molecule has 1 aliphatic carbocycles.